The summed E-state index contributed by atoms with van der Waals surface area (Å²) in [7, 11) is 0. The first-order valence-corrected chi connectivity index (χ1v) is 7.30. The summed E-state index contributed by atoms with van der Waals surface area (Å²) in [4.78, 5) is 0. The van der Waals surface area contributed by atoms with Gasteiger partial charge in [-0.3, -0.25) is 0 Å². The predicted molar refractivity (Wildman–Crippen MR) is 77.6 cm³/mol. The quantitative estimate of drug-likeness (QED) is 0.722. The lowest BCUT2D eigenvalue weighted by atomic mass is 9.80. The molecule has 1 aromatic rings. The zero-order valence-corrected chi connectivity index (χ0v) is 12.3. The van der Waals surface area contributed by atoms with E-state index < -0.39 is 0 Å². The van der Waals surface area contributed by atoms with Crippen LogP contribution in [0.15, 0.2) is 12.1 Å². The van der Waals surface area contributed by atoms with Crippen LogP contribution in [-0.2, 0) is 5.41 Å². The molecule has 0 atom stereocenters. The first kappa shape index (κ1) is 13.7. The van der Waals surface area contributed by atoms with Crippen molar-refractivity contribution in [3.05, 3.63) is 28.3 Å². The molecule has 2 rings (SSSR count). The van der Waals surface area contributed by atoms with Crippen molar-refractivity contribution < 1.29 is 5.11 Å². The van der Waals surface area contributed by atoms with E-state index in [1.807, 2.05) is 6.07 Å². The summed E-state index contributed by atoms with van der Waals surface area (Å²) < 4.78 is 0. The topological polar surface area (TPSA) is 20.2 Å². The summed E-state index contributed by atoms with van der Waals surface area (Å²) in [5.41, 5.74) is 2.20. The zero-order valence-electron chi connectivity index (χ0n) is 11.6. The molecule has 1 aromatic carbocycles. The van der Waals surface area contributed by atoms with Gasteiger partial charge < -0.3 is 5.11 Å². The Balaban J connectivity index is 2.40. The Morgan fingerprint density at radius 1 is 1.11 bits per heavy atom. The van der Waals surface area contributed by atoms with Crippen LogP contribution in [0.5, 0.6) is 5.75 Å². The van der Waals surface area contributed by atoms with E-state index in [9.17, 15) is 5.11 Å². The largest absolute Gasteiger partial charge is 0.506 e. The van der Waals surface area contributed by atoms with Crippen LogP contribution in [0.2, 0.25) is 5.02 Å². The first-order valence-electron chi connectivity index (χ1n) is 6.92. The number of rotatable bonds is 1. The minimum atomic E-state index is -0.0710. The molecule has 0 saturated heterocycles. The van der Waals surface area contributed by atoms with Crippen LogP contribution < -0.4 is 0 Å². The van der Waals surface area contributed by atoms with Gasteiger partial charge in [0.2, 0.25) is 0 Å². The molecule has 1 nitrogen and oxygen atoms in total. The SMILES string of the molecule is CC(C)(C)c1cc(C2CCCCC2)cc(Cl)c1O. The van der Waals surface area contributed by atoms with Gasteiger partial charge in [-0.2, -0.15) is 0 Å². The molecule has 0 radical (unpaired) electrons. The van der Waals surface area contributed by atoms with Crippen LogP contribution in [0.25, 0.3) is 0 Å². The van der Waals surface area contributed by atoms with E-state index in [1.54, 1.807) is 0 Å². The molecule has 1 aliphatic carbocycles. The second-order valence-electron chi connectivity index (χ2n) is 6.48. The third-order valence-electron chi connectivity index (χ3n) is 3.97. The van der Waals surface area contributed by atoms with Crippen molar-refractivity contribution in [1.82, 2.24) is 0 Å². The predicted octanol–water partition coefficient (Wildman–Crippen LogP) is 5.39. The second-order valence-corrected chi connectivity index (χ2v) is 6.89. The summed E-state index contributed by atoms with van der Waals surface area (Å²) in [6.45, 7) is 6.34. The van der Waals surface area contributed by atoms with Crippen molar-refractivity contribution in [1.29, 1.82) is 0 Å². The fraction of sp³-hybridized carbons (Fsp3) is 0.625. The molecule has 1 saturated carbocycles. The standard InChI is InChI=1S/C16H23ClO/c1-16(2,3)13-9-12(10-14(17)15(13)18)11-7-5-4-6-8-11/h9-11,18H,4-8H2,1-3H3. The van der Waals surface area contributed by atoms with Gasteiger partial charge in [0.1, 0.15) is 5.75 Å². The Morgan fingerprint density at radius 3 is 2.28 bits per heavy atom. The van der Waals surface area contributed by atoms with Crippen LogP contribution in [-0.4, -0.2) is 5.11 Å². The summed E-state index contributed by atoms with van der Waals surface area (Å²) >= 11 is 6.19. The number of phenols is 1. The van der Waals surface area contributed by atoms with Crippen molar-refractivity contribution in [3.8, 4) is 5.75 Å². The molecule has 0 aliphatic heterocycles. The van der Waals surface area contributed by atoms with Gasteiger partial charge in [0.15, 0.2) is 0 Å². The molecule has 1 fully saturated rings. The van der Waals surface area contributed by atoms with Crippen molar-refractivity contribution in [2.45, 2.75) is 64.2 Å². The van der Waals surface area contributed by atoms with E-state index in [2.05, 4.69) is 26.8 Å². The van der Waals surface area contributed by atoms with Gasteiger partial charge in [0.05, 0.1) is 5.02 Å². The Kier molecular flexibility index (Phi) is 3.91. The fourth-order valence-electron chi connectivity index (χ4n) is 2.86. The van der Waals surface area contributed by atoms with Crippen molar-refractivity contribution in [3.63, 3.8) is 0 Å². The molecule has 1 aliphatic rings. The molecular weight excluding hydrogens is 244 g/mol. The van der Waals surface area contributed by atoms with Gasteiger partial charge in [0.25, 0.3) is 0 Å². The van der Waals surface area contributed by atoms with E-state index in [1.165, 1.54) is 37.7 Å². The van der Waals surface area contributed by atoms with Gasteiger partial charge in [-0.05, 0) is 35.8 Å². The monoisotopic (exact) mass is 266 g/mol. The van der Waals surface area contributed by atoms with E-state index in [0.29, 0.717) is 10.9 Å². The molecule has 0 aromatic heterocycles. The van der Waals surface area contributed by atoms with E-state index >= 15 is 0 Å². The third-order valence-corrected chi connectivity index (χ3v) is 4.26. The molecule has 0 heterocycles. The molecule has 0 amide bonds. The maximum absolute atomic E-state index is 10.1. The van der Waals surface area contributed by atoms with Crippen LogP contribution in [0, 0.1) is 0 Å². The Morgan fingerprint density at radius 2 is 1.72 bits per heavy atom. The fourth-order valence-corrected chi connectivity index (χ4v) is 3.09. The number of aromatic hydroxyl groups is 1. The lowest BCUT2D eigenvalue weighted by Gasteiger charge is -2.26. The highest BCUT2D eigenvalue weighted by Gasteiger charge is 2.24. The normalized spacial score (nSPS) is 18.0. The Labute approximate surface area is 115 Å². The van der Waals surface area contributed by atoms with Gasteiger partial charge in [-0.1, -0.05) is 57.7 Å². The van der Waals surface area contributed by atoms with Crippen LogP contribution in [0.3, 0.4) is 0 Å². The lowest BCUT2D eigenvalue weighted by molar-refractivity contribution is 0.433. The Hall–Kier alpha value is -0.690. The average Bonchev–Trinajstić information content (AvgIpc) is 2.32. The molecule has 2 heteroatoms. The molecule has 0 spiro atoms. The number of halogens is 1. The number of hydrogen-bond acceptors (Lipinski definition) is 1. The maximum Gasteiger partial charge on any atom is 0.137 e. The van der Waals surface area contributed by atoms with Crippen LogP contribution in [0.4, 0.5) is 0 Å². The molecular formula is C16H23ClO. The van der Waals surface area contributed by atoms with Crippen LogP contribution >= 0.6 is 11.6 Å². The van der Waals surface area contributed by atoms with Crippen molar-refractivity contribution in [2.24, 2.45) is 0 Å². The highest BCUT2D eigenvalue weighted by Crippen LogP contribution is 2.41. The smallest absolute Gasteiger partial charge is 0.137 e. The molecule has 1 N–H and O–H groups in total. The van der Waals surface area contributed by atoms with Gasteiger partial charge in [-0.25, -0.2) is 0 Å². The van der Waals surface area contributed by atoms with Gasteiger partial charge >= 0.3 is 0 Å². The van der Waals surface area contributed by atoms with E-state index in [4.69, 9.17) is 11.6 Å². The molecule has 18 heavy (non-hydrogen) atoms. The average molecular weight is 267 g/mol. The maximum atomic E-state index is 10.1. The molecule has 0 unspecified atom stereocenters. The lowest BCUT2D eigenvalue weighted by Crippen LogP contribution is -2.13. The summed E-state index contributed by atoms with van der Waals surface area (Å²) in [5.74, 6) is 0.877. The van der Waals surface area contributed by atoms with Crippen molar-refractivity contribution in [2.75, 3.05) is 0 Å². The van der Waals surface area contributed by atoms with E-state index in [0.717, 1.165) is 5.56 Å². The number of hydrogen-bond donors (Lipinski definition) is 1. The van der Waals surface area contributed by atoms with Gasteiger partial charge in [0, 0.05) is 5.56 Å². The van der Waals surface area contributed by atoms with Gasteiger partial charge in [-0.15, -0.1) is 0 Å². The zero-order chi connectivity index (χ0) is 13.3. The number of phenolic OH excluding ortho intramolecular Hbond substituents is 1. The second kappa shape index (κ2) is 5.13. The summed E-state index contributed by atoms with van der Waals surface area (Å²) in [6.07, 6.45) is 6.49. The van der Waals surface area contributed by atoms with E-state index in [-0.39, 0.29) is 11.2 Å². The Bertz CT molecular complexity index is 425. The number of benzene rings is 1. The highest BCUT2D eigenvalue weighted by atomic mass is 35.5. The summed E-state index contributed by atoms with van der Waals surface area (Å²) in [5, 5.41) is 10.6. The first-order chi connectivity index (χ1) is 8.39. The minimum Gasteiger partial charge on any atom is -0.506 e. The highest BCUT2D eigenvalue weighted by molar-refractivity contribution is 6.32. The molecule has 0 bridgehead atoms. The third kappa shape index (κ3) is 2.83. The van der Waals surface area contributed by atoms with Crippen LogP contribution in [0.1, 0.15) is 69.9 Å². The minimum absolute atomic E-state index is 0.0710. The van der Waals surface area contributed by atoms with Crippen molar-refractivity contribution >= 4 is 11.6 Å². The summed E-state index contributed by atoms with van der Waals surface area (Å²) in [6, 6.07) is 4.12. The molecule has 100 valence electrons.